The Kier molecular flexibility index (Phi) is 3.66. The minimum absolute atomic E-state index is 0.236. The molecule has 9 heteroatoms. The van der Waals surface area contributed by atoms with Crippen LogP contribution in [0.1, 0.15) is 30.5 Å². The highest BCUT2D eigenvalue weighted by Gasteiger charge is 2.27. The molecule has 1 atom stereocenters. The summed E-state index contributed by atoms with van der Waals surface area (Å²) in [5, 5.41) is 21.3. The number of hydrogen-bond donors (Lipinski definition) is 0. The van der Waals surface area contributed by atoms with Crippen molar-refractivity contribution in [2.45, 2.75) is 25.7 Å². The van der Waals surface area contributed by atoms with Gasteiger partial charge in [-0.25, -0.2) is 0 Å². The highest BCUT2D eigenvalue weighted by Crippen LogP contribution is 2.29. The van der Waals surface area contributed by atoms with Gasteiger partial charge in [0.1, 0.15) is 5.82 Å². The molecule has 0 saturated carbocycles. The Labute approximate surface area is 153 Å². The topological polar surface area (TPSA) is 85.2 Å². The van der Waals surface area contributed by atoms with Gasteiger partial charge in [0, 0.05) is 24.0 Å². The average molecular weight is 367 g/mol. The lowest BCUT2D eigenvalue weighted by molar-refractivity contribution is 0.331. The Morgan fingerprint density at radius 2 is 2.19 bits per heavy atom. The molecular formula is C17H17N7OS. The number of fused-ring (bicyclic) bond motifs is 1. The van der Waals surface area contributed by atoms with Crippen molar-refractivity contribution in [2.24, 2.45) is 0 Å². The Morgan fingerprint density at radius 1 is 1.23 bits per heavy atom. The van der Waals surface area contributed by atoms with Crippen molar-refractivity contribution in [2.75, 3.05) is 18.0 Å². The molecule has 0 aromatic carbocycles. The first-order valence-corrected chi connectivity index (χ1v) is 9.52. The third-order valence-electron chi connectivity index (χ3n) is 4.67. The van der Waals surface area contributed by atoms with Crippen molar-refractivity contribution in [1.29, 1.82) is 0 Å². The smallest absolute Gasteiger partial charge is 0.231 e. The van der Waals surface area contributed by atoms with E-state index in [1.165, 1.54) is 0 Å². The van der Waals surface area contributed by atoms with Gasteiger partial charge in [0.15, 0.2) is 17.3 Å². The standard InChI is InChI=1S/C17H17N7OS/c1-11-18-17(25-22-11)12-3-2-7-23(9-12)15-5-4-14-19-20-16(24(14)21-15)13-6-8-26-10-13/h4-6,8,10,12H,2-3,7,9H2,1H3. The first kappa shape index (κ1) is 15.4. The van der Waals surface area contributed by atoms with E-state index in [0.717, 1.165) is 54.7 Å². The predicted molar refractivity (Wildman–Crippen MR) is 97.3 cm³/mol. The third kappa shape index (κ3) is 2.64. The number of aryl methyl sites for hydroxylation is 1. The van der Waals surface area contributed by atoms with E-state index >= 15 is 0 Å². The zero-order valence-corrected chi connectivity index (χ0v) is 15.1. The van der Waals surface area contributed by atoms with Crippen LogP contribution in [0.5, 0.6) is 0 Å². The number of rotatable bonds is 3. The molecule has 0 spiro atoms. The van der Waals surface area contributed by atoms with Gasteiger partial charge in [-0.3, -0.25) is 0 Å². The summed E-state index contributed by atoms with van der Waals surface area (Å²) < 4.78 is 7.20. The second-order valence-corrected chi connectivity index (χ2v) is 7.24. The zero-order chi connectivity index (χ0) is 17.5. The third-order valence-corrected chi connectivity index (χ3v) is 5.35. The van der Waals surface area contributed by atoms with Crippen LogP contribution in [0.15, 0.2) is 33.5 Å². The van der Waals surface area contributed by atoms with E-state index in [1.54, 1.807) is 11.3 Å². The summed E-state index contributed by atoms with van der Waals surface area (Å²) in [5.41, 5.74) is 1.78. The first-order valence-electron chi connectivity index (χ1n) is 8.58. The van der Waals surface area contributed by atoms with Crippen LogP contribution in [0.3, 0.4) is 0 Å². The van der Waals surface area contributed by atoms with Crippen molar-refractivity contribution in [1.82, 2.24) is 30.0 Å². The molecule has 26 heavy (non-hydrogen) atoms. The van der Waals surface area contributed by atoms with Gasteiger partial charge in [-0.2, -0.15) is 20.8 Å². The molecule has 0 bridgehead atoms. The number of aromatic nitrogens is 6. The van der Waals surface area contributed by atoms with Gasteiger partial charge in [0.25, 0.3) is 0 Å². The van der Waals surface area contributed by atoms with Crippen LogP contribution < -0.4 is 4.90 Å². The quantitative estimate of drug-likeness (QED) is 0.550. The summed E-state index contributed by atoms with van der Waals surface area (Å²) >= 11 is 1.64. The molecule has 4 aromatic rings. The summed E-state index contributed by atoms with van der Waals surface area (Å²) in [6, 6.07) is 6.00. The van der Waals surface area contributed by atoms with E-state index in [9.17, 15) is 0 Å². The molecule has 1 unspecified atom stereocenters. The van der Waals surface area contributed by atoms with E-state index in [0.29, 0.717) is 5.82 Å². The Balaban J connectivity index is 1.47. The van der Waals surface area contributed by atoms with Crippen LogP contribution in [0, 0.1) is 6.92 Å². The molecular weight excluding hydrogens is 350 g/mol. The number of thiophene rings is 1. The first-order chi connectivity index (χ1) is 12.8. The Morgan fingerprint density at radius 3 is 3.00 bits per heavy atom. The molecule has 8 nitrogen and oxygen atoms in total. The Bertz CT molecular complexity index is 1040. The van der Waals surface area contributed by atoms with E-state index in [2.05, 4.69) is 30.6 Å². The molecule has 0 N–H and O–H groups in total. The lowest BCUT2D eigenvalue weighted by Gasteiger charge is -2.31. The maximum absolute atomic E-state index is 5.38. The maximum atomic E-state index is 5.38. The van der Waals surface area contributed by atoms with E-state index in [-0.39, 0.29) is 5.92 Å². The lowest BCUT2D eigenvalue weighted by Crippen LogP contribution is -2.35. The molecule has 5 rings (SSSR count). The second kappa shape index (κ2) is 6.17. The molecule has 1 saturated heterocycles. The monoisotopic (exact) mass is 367 g/mol. The average Bonchev–Trinajstić information content (AvgIpc) is 3.41. The van der Waals surface area contributed by atoms with Gasteiger partial charge in [-0.15, -0.1) is 15.3 Å². The minimum Gasteiger partial charge on any atom is -0.354 e. The van der Waals surface area contributed by atoms with E-state index in [4.69, 9.17) is 9.62 Å². The molecule has 0 radical (unpaired) electrons. The van der Waals surface area contributed by atoms with Crippen molar-refractivity contribution in [3.05, 3.63) is 40.7 Å². The van der Waals surface area contributed by atoms with Gasteiger partial charge in [0.2, 0.25) is 5.89 Å². The molecule has 0 aliphatic carbocycles. The maximum Gasteiger partial charge on any atom is 0.231 e. The van der Waals surface area contributed by atoms with Crippen LogP contribution in [-0.4, -0.2) is 43.0 Å². The SMILES string of the molecule is Cc1noc(C2CCCN(c3ccc4nnc(-c5ccsc5)n4n3)C2)n1. The zero-order valence-electron chi connectivity index (χ0n) is 14.2. The Hall–Kier alpha value is -2.81. The highest BCUT2D eigenvalue weighted by molar-refractivity contribution is 7.08. The molecule has 1 aliphatic rings. The summed E-state index contributed by atoms with van der Waals surface area (Å²) in [4.78, 5) is 6.67. The van der Waals surface area contributed by atoms with Gasteiger partial charge in [-0.1, -0.05) is 5.16 Å². The summed E-state index contributed by atoms with van der Waals surface area (Å²) in [5.74, 6) is 3.32. The van der Waals surface area contributed by atoms with Crippen molar-refractivity contribution in [3.63, 3.8) is 0 Å². The summed E-state index contributed by atoms with van der Waals surface area (Å²) in [6.45, 7) is 3.62. The van der Waals surface area contributed by atoms with Gasteiger partial charge >= 0.3 is 0 Å². The van der Waals surface area contributed by atoms with Gasteiger partial charge in [-0.05, 0) is 43.3 Å². The molecule has 132 valence electrons. The normalized spacial score (nSPS) is 17.9. The predicted octanol–water partition coefficient (Wildman–Crippen LogP) is 2.93. The van der Waals surface area contributed by atoms with Crippen molar-refractivity contribution in [3.8, 4) is 11.4 Å². The lowest BCUT2D eigenvalue weighted by atomic mass is 9.98. The molecule has 5 heterocycles. The fraction of sp³-hybridized carbons (Fsp3) is 0.353. The summed E-state index contributed by atoms with van der Waals surface area (Å²) in [7, 11) is 0. The van der Waals surface area contributed by atoms with E-state index in [1.807, 2.05) is 35.0 Å². The second-order valence-electron chi connectivity index (χ2n) is 6.46. The van der Waals surface area contributed by atoms with Crippen LogP contribution in [0.4, 0.5) is 5.82 Å². The highest BCUT2D eigenvalue weighted by atomic mass is 32.1. The van der Waals surface area contributed by atoms with Crippen LogP contribution in [-0.2, 0) is 0 Å². The molecule has 4 aromatic heterocycles. The van der Waals surface area contributed by atoms with Crippen LogP contribution >= 0.6 is 11.3 Å². The van der Waals surface area contributed by atoms with E-state index < -0.39 is 0 Å². The molecule has 1 fully saturated rings. The number of anilines is 1. The fourth-order valence-corrected chi connectivity index (χ4v) is 4.02. The molecule has 0 amide bonds. The minimum atomic E-state index is 0.236. The van der Waals surface area contributed by atoms with Crippen molar-refractivity contribution < 1.29 is 4.52 Å². The van der Waals surface area contributed by atoms with Crippen LogP contribution in [0.25, 0.3) is 17.0 Å². The largest absolute Gasteiger partial charge is 0.354 e. The van der Waals surface area contributed by atoms with Gasteiger partial charge < -0.3 is 9.42 Å². The number of nitrogens with zero attached hydrogens (tertiary/aromatic N) is 7. The van der Waals surface area contributed by atoms with Crippen LogP contribution in [0.2, 0.25) is 0 Å². The number of piperidine rings is 1. The van der Waals surface area contributed by atoms with Crippen molar-refractivity contribution >= 4 is 22.8 Å². The molecule has 1 aliphatic heterocycles. The number of hydrogen-bond acceptors (Lipinski definition) is 8. The summed E-state index contributed by atoms with van der Waals surface area (Å²) in [6.07, 6.45) is 2.11. The van der Waals surface area contributed by atoms with Gasteiger partial charge in [0.05, 0.1) is 5.92 Å². The fourth-order valence-electron chi connectivity index (χ4n) is 3.39.